The minimum Gasteiger partial charge on any atom is -0.459 e. The van der Waals surface area contributed by atoms with Crippen LogP contribution in [-0.2, 0) is 14.3 Å². The van der Waals surface area contributed by atoms with Crippen LogP contribution in [0.5, 0.6) is 0 Å². The second kappa shape index (κ2) is 6.95. The smallest absolute Gasteiger partial charge is 0.362 e. The van der Waals surface area contributed by atoms with Gasteiger partial charge in [-0.05, 0) is 49.4 Å². The highest BCUT2D eigenvalue weighted by Gasteiger charge is 2.61. The second-order valence-corrected chi connectivity index (χ2v) is 9.50. The quantitative estimate of drug-likeness (QED) is 0.500. The zero-order chi connectivity index (χ0) is 18.2. The second-order valence-electron chi connectivity index (χ2n) is 9.50. The fourth-order valence-electron chi connectivity index (χ4n) is 4.60. The molecule has 2 rings (SSSR count). The van der Waals surface area contributed by atoms with E-state index in [9.17, 15) is 4.79 Å². The van der Waals surface area contributed by atoms with Gasteiger partial charge < -0.3 is 14.0 Å². The Balaban J connectivity index is 1.78. The lowest BCUT2D eigenvalue weighted by molar-refractivity contribution is -0.883. The number of nitrogens with zero attached hydrogens (tertiary/aromatic N) is 1. The first-order valence-corrected chi connectivity index (χ1v) is 9.65. The number of quaternary nitrogens is 1. The number of ether oxygens (including phenoxy) is 2. The largest absolute Gasteiger partial charge is 0.459 e. The molecule has 2 bridgehead atoms. The lowest BCUT2D eigenvalue weighted by Gasteiger charge is -2.39. The zero-order valence-corrected chi connectivity index (χ0v) is 16.9. The maximum absolute atomic E-state index is 12.0. The van der Waals surface area contributed by atoms with Crippen LogP contribution in [0.15, 0.2) is 0 Å². The van der Waals surface area contributed by atoms with Gasteiger partial charge in [0.15, 0.2) is 6.54 Å². The van der Waals surface area contributed by atoms with Crippen molar-refractivity contribution in [3.05, 3.63) is 0 Å². The minimum atomic E-state index is -0.109. The molecule has 2 aliphatic carbocycles. The third kappa shape index (κ3) is 3.80. The fourth-order valence-corrected chi connectivity index (χ4v) is 4.60. The Hall–Kier alpha value is -0.610. The maximum atomic E-state index is 12.0. The van der Waals surface area contributed by atoms with Gasteiger partial charge in [-0.2, -0.15) is 0 Å². The summed E-state index contributed by atoms with van der Waals surface area (Å²) in [6.45, 7) is 13.2. The molecule has 0 heterocycles. The summed E-state index contributed by atoms with van der Waals surface area (Å²) >= 11 is 0. The van der Waals surface area contributed by atoms with Gasteiger partial charge >= 0.3 is 5.97 Å². The molecule has 0 saturated heterocycles. The first-order chi connectivity index (χ1) is 11.0. The van der Waals surface area contributed by atoms with E-state index < -0.39 is 0 Å². The molecule has 0 aromatic carbocycles. The number of hydrogen-bond donors (Lipinski definition) is 0. The molecule has 0 aromatic rings. The van der Waals surface area contributed by atoms with Crippen molar-refractivity contribution in [1.29, 1.82) is 0 Å². The minimum absolute atomic E-state index is 0.00460. The zero-order valence-electron chi connectivity index (χ0n) is 16.9. The lowest BCUT2D eigenvalue weighted by atomic mass is 9.70. The van der Waals surface area contributed by atoms with Crippen molar-refractivity contribution in [3.63, 3.8) is 0 Å². The molecule has 4 nitrogen and oxygen atoms in total. The summed E-state index contributed by atoms with van der Waals surface area (Å²) in [4.78, 5) is 12.0. The maximum Gasteiger partial charge on any atom is 0.362 e. The highest BCUT2D eigenvalue weighted by Crippen LogP contribution is 2.66. The Labute approximate surface area is 148 Å². The lowest BCUT2D eigenvalue weighted by Crippen LogP contribution is -2.48. The molecule has 0 spiro atoms. The molecule has 0 aliphatic heterocycles. The van der Waals surface area contributed by atoms with Gasteiger partial charge in [0.2, 0.25) is 0 Å². The van der Waals surface area contributed by atoms with Crippen molar-refractivity contribution < 1.29 is 18.8 Å². The molecule has 2 aliphatic rings. The molecule has 0 unspecified atom stereocenters. The van der Waals surface area contributed by atoms with E-state index in [0.29, 0.717) is 34.6 Å². The average Bonchev–Trinajstić information content (AvgIpc) is 2.79. The van der Waals surface area contributed by atoms with E-state index in [-0.39, 0.29) is 12.1 Å². The molecule has 2 fully saturated rings. The van der Waals surface area contributed by atoms with E-state index >= 15 is 0 Å². The normalized spacial score (nSPS) is 32.8. The molecule has 4 heteroatoms. The summed E-state index contributed by atoms with van der Waals surface area (Å²) in [6, 6.07) is 0. The van der Waals surface area contributed by atoms with Crippen LogP contribution in [0.1, 0.15) is 60.3 Å². The molecular formula is C20H38NO3+. The van der Waals surface area contributed by atoms with E-state index in [1.54, 1.807) is 0 Å². The first-order valence-electron chi connectivity index (χ1n) is 9.65. The number of esters is 1. The van der Waals surface area contributed by atoms with Crippen molar-refractivity contribution in [1.82, 2.24) is 0 Å². The Kier molecular flexibility index (Phi) is 5.71. The van der Waals surface area contributed by atoms with Gasteiger partial charge in [-0.25, -0.2) is 4.79 Å². The number of carbonyl (C=O) groups is 1. The number of likely N-dealkylation sites (N-methyl/N-ethyl adjacent to an activating group) is 1. The molecule has 0 N–H and O–H groups in total. The van der Waals surface area contributed by atoms with Crippen molar-refractivity contribution in [2.24, 2.45) is 16.7 Å². The van der Waals surface area contributed by atoms with Crippen LogP contribution in [0.4, 0.5) is 0 Å². The molecule has 140 valence electrons. The number of rotatable bonds is 8. The van der Waals surface area contributed by atoms with Gasteiger partial charge in [0.25, 0.3) is 0 Å². The van der Waals surface area contributed by atoms with Gasteiger partial charge in [0, 0.05) is 0 Å². The third-order valence-electron chi connectivity index (χ3n) is 7.19. The van der Waals surface area contributed by atoms with Crippen molar-refractivity contribution in [2.75, 3.05) is 33.8 Å². The van der Waals surface area contributed by atoms with Gasteiger partial charge in [-0.3, -0.25) is 0 Å². The van der Waals surface area contributed by atoms with Crippen molar-refractivity contribution in [2.45, 2.75) is 72.5 Å². The molecule has 0 amide bonds. The van der Waals surface area contributed by atoms with E-state index in [1.165, 1.54) is 19.3 Å². The highest BCUT2D eigenvalue weighted by molar-refractivity contribution is 5.70. The van der Waals surface area contributed by atoms with Crippen LogP contribution < -0.4 is 0 Å². The van der Waals surface area contributed by atoms with Gasteiger partial charge in [-0.1, -0.05) is 27.7 Å². The van der Waals surface area contributed by atoms with Gasteiger partial charge in [-0.15, -0.1) is 0 Å². The van der Waals surface area contributed by atoms with Crippen LogP contribution in [0.25, 0.3) is 0 Å². The van der Waals surface area contributed by atoms with E-state index in [2.05, 4.69) is 34.9 Å². The number of hydrogen-bond acceptors (Lipinski definition) is 3. The summed E-state index contributed by atoms with van der Waals surface area (Å²) in [5.74, 6) is 0.697. The molecule has 4 atom stereocenters. The van der Waals surface area contributed by atoms with Gasteiger partial charge in [0.1, 0.15) is 6.54 Å². The standard InChI is InChI=1S/C20H38NO3/c1-8-15(2)24-18(22)14-21(6,7)11-12-23-17-13-16-9-10-20(17,5)19(16,3)4/h15-17H,8-14H2,1-7H3/q+1/t15-,16+,17-,20-/m1/s1. The average molecular weight is 341 g/mol. The van der Waals surface area contributed by atoms with Crippen LogP contribution in [0.2, 0.25) is 0 Å². The van der Waals surface area contributed by atoms with Crippen molar-refractivity contribution in [3.8, 4) is 0 Å². The summed E-state index contributed by atoms with van der Waals surface area (Å²) in [6.07, 6.45) is 5.08. The van der Waals surface area contributed by atoms with E-state index in [1.807, 2.05) is 13.8 Å². The van der Waals surface area contributed by atoms with Crippen LogP contribution >= 0.6 is 0 Å². The van der Waals surface area contributed by atoms with Crippen LogP contribution in [0.3, 0.4) is 0 Å². The SMILES string of the molecule is CC[C@@H](C)OC(=O)C[N+](C)(C)CCO[C@@H]1C[C@@H]2CC[C@@]1(C)C2(C)C. The summed E-state index contributed by atoms with van der Waals surface area (Å²) in [5, 5.41) is 0. The summed E-state index contributed by atoms with van der Waals surface area (Å²) in [7, 11) is 4.15. The third-order valence-corrected chi connectivity index (χ3v) is 7.19. The Bertz CT molecular complexity index is 460. The topological polar surface area (TPSA) is 35.5 Å². The molecule has 24 heavy (non-hydrogen) atoms. The summed E-state index contributed by atoms with van der Waals surface area (Å²) in [5.41, 5.74) is 0.701. The predicted molar refractivity (Wildman–Crippen MR) is 96.7 cm³/mol. The Morgan fingerprint density at radius 2 is 1.96 bits per heavy atom. The Morgan fingerprint density at radius 1 is 1.29 bits per heavy atom. The number of carbonyl (C=O) groups excluding carboxylic acids is 1. The molecule has 0 aromatic heterocycles. The highest BCUT2D eigenvalue weighted by atomic mass is 16.5. The molecule has 2 saturated carbocycles. The molecular weight excluding hydrogens is 302 g/mol. The predicted octanol–water partition coefficient (Wildman–Crippen LogP) is 3.64. The monoisotopic (exact) mass is 340 g/mol. The van der Waals surface area contributed by atoms with E-state index in [4.69, 9.17) is 9.47 Å². The van der Waals surface area contributed by atoms with Crippen molar-refractivity contribution >= 4 is 5.97 Å². The van der Waals surface area contributed by atoms with Gasteiger partial charge in [0.05, 0.1) is 32.9 Å². The summed E-state index contributed by atoms with van der Waals surface area (Å²) < 4.78 is 12.3. The molecule has 0 radical (unpaired) electrons. The van der Waals surface area contributed by atoms with E-state index in [0.717, 1.165) is 18.9 Å². The first kappa shape index (κ1) is 19.7. The fraction of sp³-hybridized carbons (Fsp3) is 0.950. The van der Waals surface area contributed by atoms with Crippen LogP contribution in [0, 0.1) is 16.7 Å². The Morgan fingerprint density at radius 3 is 2.46 bits per heavy atom. The number of fused-ring (bicyclic) bond motifs is 2. The van der Waals surface area contributed by atoms with Crippen LogP contribution in [-0.4, -0.2) is 56.5 Å².